The third-order valence-corrected chi connectivity index (χ3v) is 14.0. The van der Waals surface area contributed by atoms with Crippen LogP contribution in [-0.2, 0) is 45.9 Å². The molecule has 5 bridgehead atoms. The van der Waals surface area contributed by atoms with Crippen molar-refractivity contribution in [3.8, 4) is 5.75 Å². The van der Waals surface area contributed by atoms with E-state index in [-0.39, 0.29) is 31.4 Å². The first kappa shape index (κ1) is 38.4. The van der Waals surface area contributed by atoms with Gasteiger partial charge >= 0.3 is 6.09 Å². The number of fused-ring (bicyclic) bond motifs is 5. The summed E-state index contributed by atoms with van der Waals surface area (Å²) in [6.45, 7) is 5.68. The summed E-state index contributed by atoms with van der Waals surface area (Å²) >= 11 is 0. The van der Waals surface area contributed by atoms with Gasteiger partial charge in [-0.1, -0.05) is 45.7 Å². The number of alkyl carbamates (subject to hydrolysis) is 1. The lowest BCUT2D eigenvalue weighted by molar-refractivity contribution is -0.143. The summed E-state index contributed by atoms with van der Waals surface area (Å²) < 4.78 is 45.7. The standard InChI is InChI=1S/C40H54N4O9S/c1-38(2,3)33-35(46)44-23-39(52-5,22-31(44)34(45)42-40(21-30(40)24-11-12-24)36(47)43-54(49,50)29-15-16-29)28-14-13-25-20-32(51-4)26(18-27(25)19-28)10-8-6-7-9-17-53-37(48)41-33/h13-14,18-20,24,29-31,33H,6-12,15-17,21-23H2,1-5H3,(H,41,48)(H,42,45)(H,43,47)/t30-,31-,33+,39-,40+/m0/s1. The Labute approximate surface area is 317 Å². The molecule has 3 saturated carbocycles. The predicted octanol–water partition coefficient (Wildman–Crippen LogP) is 4.44. The Hall–Kier alpha value is -3.91. The van der Waals surface area contributed by atoms with Crippen LogP contribution in [0.15, 0.2) is 30.3 Å². The van der Waals surface area contributed by atoms with E-state index >= 15 is 0 Å². The fraction of sp³-hybridized carbons (Fsp3) is 0.650. The average Bonchev–Trinajstić information content (AvgIpc) is 4.00. The van der Waals surface area contributed by atoms with E-state index in [4.69, 9.17) is 14.2 Å². The zero-order valence-electron chi connectivity index (χ0n) is 32.0. The summed E-state index contributed by atoms with van der Waals surface area (Å²) in [5.41, 5.74) is -1.48. The Bertz CT molecular complexity index is 1940. The lowest BCUT2D eigenvalue weighted by Crippen LogP contribution is -2.60. The van der Waals surface area contributed by atoms with Gasteiger partial charge < -0.3 is 29.7 Å². The highest BCUT2D eigenvalue weighted by molar-refractivity contribution is 7.91. The average molecular weight is 767 g/mol. The first-order valence-electron chi connectivity index (χ1n) is 19.4. The maximum absolute atomic E-state index is 14.8. The number of methoxy groups -OCH3 is 2. The summed E-state index contributed by atoms with van der Waals surface area (Å²) in [6, 6.07) is 7.93. The Morgan fingerprint density at radius 1 is 0.963 bits per heavy atom. The SMILES string of the molecule is COc1cc2ccc3cc2cc1CCCCCCOC(=O)N[C@@H](C(C)(C)C)C(=O)N1C[C@@]3(OC)C[C@H]1C(=O)N[C@]1(C(=O)NS(=O)(=O)C2CC2)C[C@H]1C1CC1. The fourth-order valence-electron chi connectivity index (χ4n) is 8.52. The Balaban J connectivity index is 1.27. The molecular formula is C40H54N4O9S. The molecule has 14 heteroatoms. The molecule has 4 amide bonds. The van der Waals surface area contributed by atoms with Gasteiger partial charge in [0.05, 0.1) is 25.5 Å². The minimum absolute atomic E-state index is 0.0143. The van der Waals surface area contributed by atoms with Crippen LogP contribution in [-0.4, -0.2) is 87.4 Å². The number of rotatable bonds is 8. The van der Waals surface area contributed by atoms with Crippen molar-refractivity contribution in [1.82, 2.24) is 20.3 Å². The molecule has 54 heavy (non-hydrogen) atoms. The minimum Gasteiger partial charge on any atom is -0.496 e. The van der Waals surface area contributed by atoms with Crippen LogP contribution in [0.1, 0.15) is 96.1 Å². The Kier molecular flexibility index (Phi) is 10.2. The molecular weight excluding hydrogens is 713 g/mol. The molecule has 3 N–H and O–H groups in total. The lowest BCUT2D eigenvalue weighted by atomic mass is 9.85. The number of benzene rings is 2. The van der Waals surface area contributed by atoms with Gasteiger partial charge in [0.25, 0.3) is 5.91 Å². The van der Waals surface area contributed by atoms with E-state index in [0.29, 0.717) is 25.7 Å². The molecule has 2 aliphatic heterocycles. The van der Waals surface area contributed by atoms with Gasteiger partial charge in [-0.05, 0) is 109 Å². The molecule has 2 aromatic carbocycles. The monoisotopic (exact) mass is 766 g/mol. The van der Waals surface area contributed by atoms with Crippen molar-refractivity contribution >= 4 is 44.6 Å². The number of hydrogen-bond donors (Lipinski definition) is 3. The smallest absolute Gasteiger partial charge is 0.407 e. The highest BCUT2D eigenvalue weighted by atomic mass is 32.2. The predicted molar refractivity (Wildman–Crippen MR) is 201 cm³/mol. The number of nitrogens with one attached hydrogen (secondary N) is 3. The lowest BCUT2D eigenvalue weighted by Gasteiger charge is -2.36. The van der Waals surface area contributed by atoms with E-state index < -0.39 is 67.7 Å². The zero-order chi connectivity index (χ0) is 38.6. The molecule has 0 unspecified atom stereocenters. The second kappa shape index (κ2) is 14.3. The molecule has 0 spiro atoms. The first-order valence-corrected chi connectivity index (χ1v) is 20.9. The van der Waals surface area contributed by atoms with Crippen LogP contribution in [0.25, 0.3) is 10.8 Å². The molecule has 294 valence electrons. The van der Waals surface area contributed by atoms with Gasteiger partial charge in [-0.25, -0.2) is 13.2 Å². The van der Waals surface area contributed by atoms with Crippen LogP contribution >= 0.6 is 0 Å². The number of carbonyl (C=O) groups excluding carboxylic acids is 4. The highest BCUT2D eigenvalue weighted by Gasteiger charge is 2.67. The Morgan fingerprint density at radius 3 is 2.37 bits per heavy atom. The number of ether oxygens (including phenoxy) is 3. The molecule has 5 aliphatic rings. The first-order chi connectivity index (χ1) is 25.6. The summed E-state index contributed by atoms with van der Waals surface area (Å²) in [5, 5.41) is 7.12. The van der Waals surface area contributed by atoms with Gasteiger partial charge in [-0.2, -0.15) is 0 Å². The molecule has 0 aromatic heterocycles. The maximum atomic E-state index is 14.8. The number of sulfonamides is 1. The van der Waals surface area contributed by atoms with Crippen molar-refractivity contribution in [2.75, 3.05) is 27.4 Å². The number of hydrogen-bond acceptors (Lipinski definition) is 9. The van der Waals surface area contributed by atoms with Crippen molar-refractivity contribution in [3.63, 3.8) is 0 Å². The molecule has 3 aliphatic carbocycles. The maximum Gasteiger partial charge on any atom is 0.407 e. The normalized spacial score (nSPS) is 29.5. The van der Waals surface area contributed by atoms with Crippen molar-refractivity contribution in [2.45, 2.75) is 120 Å². The quantitative estimate of drug-likeness (QED) is 0.352. The molecule has 7 rings (SSSR count). The summed E-state index contributed by atoms with van der Waals surface area (Å²) in [7, 11) is -0.643. The topological polar surface area (TPSA) is 169 Å². The minimum atomic E-state index is -3.86. The van der Waals surface area contributed by atoms with Crippen molar-refractivity contribution in [2.24, 2.45) is 17.3 Å². The molecule has 2 aromatic rings. The molecule has 13 nitrogen and oxygen atoms in total. The summed E-state index contributed by atoms with van der Waals surface area (Å²) in [4.78, 5) is 57.9. The molecule has 2 heterocycles. The van der Waals surface area contributed by atoms with E-state index in [1.807, 2.05) is 45.0 Å². The molecule has 5 atom stereocenters. The largest absolute Gasteiger partial charge is 0.496 e. The van der Waals surface area contributed by atoms with Crippen molar-refractivity contribution in [3.05, 3.63) is 41.5 Å². The Morgan fingerprint density at radius 2 is 1.70 bits per heavy atom. The number of aryl methyl sites for hydroxylation is 1. The van der Waals surface area contributed by atoms with Crippen molar-refractivity contribution < 1.29 is 41.8 Å². The second-order valence-corrected chi connectivity index (χ2v) is 19.1. The van der Waals surface area contributed by atoms with E-state index in [0.717, 1.165) is 66.2 Å². The highest BCUT2D eigenvalue weighted by Crippen LogP contribution is 2.57. The number of carbonyl (C=O) groups is 4. The van der Waals surface area contributed by atoms with Crippen molar-refractivity contribution in [1.29, 1.82) is 0 Å². The van der Waals surface area contributed by atoms with E-state index in [2.05, 4.69) is 21.4 Å². The molecule has 1 saturated heterocycles. The third-order valence-electron chi connectivity index (χ3n) is 12.2. The number of cyclic esters (lactones) is 1. The van der Waals surface area contributed by atoms with Crippen LogP contribution in [0, 0.1) is 17.3 Å². The van der Waals surface area contributed by atoms with Crippen LogP contribution in [0.2, 0.25) is 0 Å². The van der Waals surface area contributed by atoms with Gasteiger partial charge in [0.15, 0.2) is 0 Å². The summed E-state index contributed by atoms with van der Waals surface area (Å²) in [5.74, 6) is -0.979. The van der Waals surface area contributed by atoms with Crippen LogP contribution in [0.4, 0.5) is 4.79 Å². The second-order valence-electron chi connectivity index (χ2n) is 17.1. The van der Waals surface area contributed by atoms with Gasteiger partial charge in [0, 0.05) is 13.5 Å². The summed E-state index contributed by atoms with van der Waals surface area (Å²) in [6.07, 6.45) is 6.65. The van der Waals surface area contributed by atoms with Gasteiger partial charge in [0.1, 0.15) is 29.0 Å². The van der Waals surface area contributed by atoms with Gasteiger partial charge in [-0.3, -0.25) is 19.1 Å². The van der Waals surface area contributed by atoms with E-state index in [9.17, 15) is 27.6 Å². The van der Waals surface area contributed by atoms with E-state index in [1.165, 1.54) is 4.90 Å². The van der Waals surface area contributed by atoms with Crippen LogP contribution < -0.4 is 20.1 Å². The fourth-order valence-corrected chi connectivity index (χ4v) is 9.88. The molecule has 4 fully saturated rings. The van der Waals surface area contributed by atoms with E-state index in [1.54, 1.807) is 14.2 Å². The van der Waals surface area contributed by atoms with Crippen LogP contribution in [0.3, 0.4) is 0 Å². The van der Waals surface area contributed by atoms with Crippen LogP contribution in [0.5, 0.6) is 5.75 Å². The zero-order valence-corrected chi connectivity index (χ0v) is 32.8. The number of amides is 4. The third kappa shape index (κ3) is 7.52. The van der Waals surface area contributed by atoms with Gasteiger partial charge in [-0.15, -0.1) is 0 Å². The number of nitrogens with zero attached hydrogens (tertiary/aromatic N) is 1. The molecule has 0 radical (unpaired) electrons. The van der Waals surface area contributed by atoms with Gasteiger partial charge in [0.2, 0.25) is 21.8 Å².